The van der Waals surface area contributed by atoms with Gasteiger partial charge in [-0.2, -0.15) is 4.98 Å². The second kappa shape index (κ2) is 9.77. The molecule has 1 fully saturated rings. The lowest BCUT2D eigenvalue weighted by atomic mass is 10.1. The van der Waals surface area contributed by atoms with Crippen molar-refractivity contribution >= 4 is 27.7 Å². The summed E-state index contributed by atoms with van der Waals surface area (Å²) in [6.07, 6.45) is -0.354. The molecule has 1 saturated carbocycles. The normalized spacial score (nSPS) is 14.4. The molecule has 0 unspecified atom stereocenters. The van der Waals surface area contributed by atoms with Gasteiger partial charge in [-0.05, 0) is 42.7 Å². The Labute approximate surface area is 192 Å². The molecule has 0 saturated heterocycles. The van der Waals surface area contributed by atoms with E-state index >= 15 is 0 Å². The maximum absolute atomic E-state index is 12.6. The maximum Gasteiger partial charge on any atom is 0.573 e. The molecule has 3 aromatic rings. The van der Waals surface area contributed by atoms with Crippen molar-refractivity contribution in [3.05, 3.63) is 64.6 Å². The molecular formula is C23H22BrF3N4O. The summed E-state index contributed by atoms with van der Waals surface area (Å²) < 4.78 is 43.0. The van der Waals surface area contributed by atoms with E-state index in [-0.39, 0.29) is 5.75 Å². The van der Waals surface area contributed by atoms with Crippen LogP contribution < -0.4 is 15.4 Å². The van der Waals surface area contributed by atoms with Gasteiger partial charge in [0.25, 0.3) is 0 Å². The van der Waals surface area contributed by atoms with E-state index in [0.29, 0.717) is 35.6 Å². The molecule has 0 radical (unpaired) electrons. The largest absolute Gasteiger partial charge is 0.573 e. The summed E-state index contributed by atoms with van der Waals surface area (Å²) in [5.74, 6) is 0.744. The standard InChI is InChI=1S/C23H22BrF3N4O/c24-17-7-3-5-15(11-17)14-28-21-13-20(30-22(31-21)29-18-8-1-2-9-18)16-6-4-10-19(12-16)32-23(25,26)27/h3-7,10-13,18H,1-2,8-9,14H2,(H2,28,29,30,31). The number of benzene rings is 2. The number of aromatic nitrogens is 2. The molecule has 0 bridgehead atoms. The zero-order chi connectivity index (χ0) is 22.6. The number of hydrogen-bond donors (Lipinski definition) is 2. The Morgan fingerprint density at radius 3 is 2.53 bits per heavy atom. The lowest BCUT2D eigenvalue weighted by molar-refractivity contribution is -0.274. The molecule has 2 N–H and O–H groups in total. The highest BCUT2D eigenvalue weighted by molar-refractivity contribution is 9.10. The number of rotatable bonds is 7. The Morgan fingerprint density at radius 1 is 1.00 bits per heavy atom. The van der Waals surface area contributed by atoms with E-state index in [1.54, 1.807) is 12.1 Å². The number of nitrogens with zero attached hydrogens (tertiary/aromatic N) is 2. The van der Waals surface area contributed by atoms with Gasteiger partial charge in [-0.15, -0.1) is 13.2 Å². The second-order valence-corrected chi connectivity index (χ2v) is 8.56. The monoisotopic (exact) mass is 506 g/mol. The fourth-order valence-corrected chi connectivity index (χ4v) is 4.14. The molecule has 4 rings (SSSR count). The quantitative estimate of drug-likeness (QED) is 0.370. The van der Waals surface area contributed by atoms with Crippen molar-refractivity contribution in [2.45, 2.75) is 44.6 Å². The van der Waals surface area contributed by atoms with Gasteiger partial charge in [0.1, 0.15) is 11.6 Å². The first-order chi connectivity index (χ1) is 15.3. The highest BCUT2D eigenvalue weighted by atomic mass is 79.9. The number of nitrogens with one attached hydrogen (secondary N) is 2. The second-order valence-electron chi connectivity index (χ2n) is 7.65. The molecule has 1 aliphatic rings. The van der Waals surface area contributed by atoms with E-state index in [9.17, 15) is 13.2 Å². The highest BCUT2D eigenvalue weighted by Crippen LogP contribution is 2.29. The van der Waals surface area contributed by atoms with Crippen LogP contribution in [0.4, 0.5) is 24.9 Å². The lowest BCUT2D eigenvalue weighted by Gasteiger charge is -2.15. The van der Waals surface area contributed by atoms with Crippen LogP contribution in [-0.4, -0.2) is 22.4 Å². The van der Waals surface area contributed by atoms with Crippen molar-refractivity contribution in [2.24, 2.45) is 0 Å². The van der Waals surface area contributed by atoms with Crippen molar-refractivity contribution in [3.63, 3.8) is 0 Å². The molecule has 2 aromatic carbocycles. The Morgan fingerprint density at radius 2 is 1.78 bits per heavy atom. The summed E-state index contributed by atoms with van der Waals surface area (Å²) in [6.45, 7) is 0.538. The van der Waals surface area contributed by atoms with Gasteiger partial charge in [-0.25, -0.2) is 4.98 Å². The van der Waals surface area contributed by atoms with E-state index in [1.165, 1.54) is 18.2 Å². The van der Waals surface area contributed by atoms with Gasteiger partial charge < -0.3 is 15.4 Å². The molecule has 1 aliphatic carbocycles. The van der Waals surface area contributed by atoms with Gasteiger partial charge in [0.15, 0.2) is 0 Å². The van der Waals surface area contributed by atoms with Crippen molar-refractivity contribution in [2.75, 3.05) is 10.6 Å². The summed E-state index contributed by atoms with van der Waals surface area (Å²) in [5.41, 5.74) is 2.07. The third kappa shape index (κ3) is 6.35. The van der Waals surface area contributed by atoms with Gasteiger partial charge in [-0.3, -0.25) is 0 Å². The lowest BCUT2D eigenvalue weighted by Crippen LogP contribution is -2.18. The summed E-state index contributed by atoms with van der Waals surface area (Å²) in [7, 11) is 0. The molecule has 168 valence electrons. The minimum Gasteiger partial charge on any atom is -0.406 e. The predicted octanol–water partition coefficient (Wildman–Crippen LogP) is 6.77. The van der Waals surface area contributed by atoms with E-state index in [4.69, 9.17) is 0 Å². The van der Waals surface area contributed by atoms with Crippen molar-refractivity contribution in [3.8, 4) is 17.0 Å². The fourth-order valence-electron chi connectivity index (χ4n) is 3.70. The highest BCUT2D eigenvalue weighted by Gasteiger charge is 2.31. The SMILES string of the molecule is FC(F)(F)Oc1cccc(-c2cc(NCc3cccc(Br)c3)nc(NC3CCCC3)n2)c1. The molecule has 0 spiro atoms. The van der Waals surface area contributed by atoms with Gasteiger partial charge in [-0.1, -0.05) is 53.0 Å². The van der Waals surface area contributed by atoms with E-state index in [1.807, 2.05) is 24.3 Å². The third-order valence-electron chi connectivity index (χ3n) is 5.14. The average Bonchev–Trinajstić information content (AvgIpc) is 3.24. The van der Waals surface area contributed by atoms with Crippen molar-refractivity contribution in [1.29, 1.82) is 0 Å². The average molecular weight is 507 g/mol. The smallest absolute Gasteiger partial charge is 0.406 e. The van der Waals surface area contributed by atoms with E-state index in [0.717, 1.165) is 35.7 Å². The molecule has 5 nitrogen and oxygen atoms in total. The van der Waals surface area contributed by atoms with Gasteiger partial charge in [0, 0.05) is 28.7 Å². The van der Waals surface area contributed by atoms with Crippen LogP contribution in [0.3, 0.4) is 0 Å². The van der Waals surface area contributed by atoms with Crippen LogP contribution in [0.5, 0.6) is 5.75 Å². The van der Waals surface area contributed by atoms with E-state index < -0.39 is 6.36 Å². The third-order valence-corrected chi connectivity index (χ3v) is 5.63. The summed E-state index contributed by atoms with van der Waals surface area (Å²) in [4.78, 5) is 9.15. The van der Waals surface area contributed by atoms with Crippen LogP contribution in [0.25, 0.3) is 11.3 Å². The van der Waals surface area contributed by atoms with Gasteiger partial charge in [0.05, 0.1) is 5.69 Å². The van der Waals surface area contributed by atoms with Crippen LogP contribution in [0, 0.1) is 0 Å². The molecule has 0 atom stereocenters. The predicted molar refractivity (Wildman–Crippen MR) is 121 cm³/mol. The van der Waals surface area contributed by atoms with Crippen LogP contribution >= 0.6 is 15.9 Å². The Hall–Kier alpha value is -2.81. The Bertz CT molecular complexity index is 1070. The minimum absolute atomic E-state index is 0.289. The Balaban J connectivity index is 1.61. The number of ether oxygens (including phenoxy) is 1. The summed E-state index contributed by atoms with van der Waals surface area (Å²) in [6, 6.07) is 15.7. The molecule has 9 heteroatoms. The molecule has 0 aliphatic heterocycles. The zero-order valence-corrected chi connectivity index (χ0v) is 18.7. The topological polar surface area (TPSA) is 59.1 Å². The minimum atomic E-state index is -4.75. The first kappa shape index (κ1) is 22.4. The molecule has 1 heterocycles. The zero-order valence-electron chi connectivity index (χ0n) is 17.1. The summed E-state index contributed by atoms with van der Waals surface area (Å²) in [5, 5.41) is 6.66. The number of halogens is 4. The Kier molecular flexibility index (Phi) is 6.83. The van der Waals surface area contributed by atoms with Crippen LogP contribution in [0.1, 0.15) is 31.2 Å². The first-order valence-electron chi connectivity index (χ1n) is 10.3. The molecular weight excluding hydrogens is 485 g/mol. The summed E-state index contributed by atoms with van der Waals surface area (Å²) >= 11 is 3.46. The number of alkyl halides is 3. The van der Waals surface area contributed by atoms with Gasteiger partial charge >= 0.3 is 6.36 Å². The number of anilines is 2. The molecule has 32 heavy (non-hydrogen) atoms. The van der Waals surface area contributed by atoms with Gasteiger partial charge in [0.2, 0.25) is 5.95 Å². The van der Waals surface area contributed by atoms with Crippen LogP contribution in [0.2, 0.25) is 0 Å². The first-order valence-corrected chi connectivity index (χ1v) is 11.1. The number of hydrogen-bond acceptors (Lipinski definition) is 5. The van der Waals surface area contributed by atoms with Crippen LogP contribution in [0.15, 0.2) is 59.1 Å². The van der Waals surface area contributed by atoms with Crippen molar-refractivity contribution < 1.29 is 17.9 Å². The maximum atomic E-state index is 12.6. The van der Waals surface area contributed by atoms with Crippen LogP contribution in [-0.2, 0) is 6.54 Å². The van der Waals surface area contributed by atoms with E-state index in [2.05, 4.69) is 41.3 Å². The molecule has 1 aromatic heterocycles. The fraction of sp³-hybridized carbons (Fsp3) is 0.304. The van der Waals surface area contributed by atoms with Crippen molar-refractivity contribution in [1.82, 2.24) is 9.97 Å². The molecule has 0 amide bonds.